The number of aryl methyl sites for hydroxylation is 1. The maximum absolute atomic E-state index is 14.0. The number of para-hydroxylation sites is 1. The van der Waals surface area contributed by atoms with Crippen molar-refractivity contribution < 1.29 is 18.0 Å². The molecule has 0 heterocycles. The molecule has 10 heteroatoms. The molecule has 0 unspecified atom stereocenters. The van der Waals surface area contributed by atoms with Gasteiger partial charge in [0, 0.05) is 22.6 Å². The number of anilines is 1. The van der Waals surface area contributed by atoms with Crippen LogP contribution in [-0.4, -0.2) is 43.8 Å². The van der Waals surface area contributed by atoms with Gasteiger partial charge in [-0.3, -0.25) is 13.9 Å². The molecule has 0 spiro atoms. The fourth-order valence-electron chi connectivity index (χ4n) is 3.95. The van der Waals surface area contributed by atoms with Gasteiger partial charge in [0.2, 0.25) is 11.8 Å². The summed E-state index contributed by atoms with van der Waals surface area (Å²) in [5, 5.41) is 3.74. The molecule has 0 aromatic heterocycles. The highest BCUT2D eigenvalue weighted by molar-refractivity contribution is 7.92. The van der Waals surface area contributed by atoms with Crippen molar-refractivity contribution in [3.8, 4) is 0 Å². The van der Waals surface area contributed by atoms with Crippen molar-refractivity contribution in [1.82, 2.24) is 10.2 Å². The zero-order valence-corrected chi connectivity index (χ0v) is 24.7. The normalized spacial score (nSPS) is 12.9. The van der Waals surface area contributed by atoms with Crippen LogP contribution in [0.3, 0.4) is 0 Å². The third kappa shape index (κ3) is 7.53. The Bertz CT molecular complexity index is 1410. The lowest BCUT2D eigenvalue weighted by atomic mass is 10.1. The number of nitrogens with zero attached hydrogens (tertiary/aromatic N) is 2. The number of carbonyl (C=O) groups is 2. The molecule has 0 bridgehead atoms. The highest BCUT2D eigenvalue weighted by atomic mass is 35.5. The first-order valence-electron chi connectivity index (χ1n) is 12.6. The number of sulfonamides is 1. The average molecular weight is 591 g/mol. The highest BCUT2D eigenvalue weighted by Gasteiger charge is 2.33. The van der Waals surface area contributed by atoms with Gasteiger partial charge in [-0.25, -0.2) is 8.42 Å². The summed E-state index contributed by atoms with van der Waals surface area (Å²) in [5.41, 5.74) is 1.66. The molecule has 2 amide bonds. The number of nitrogens with one attached hydrogen (secondary N) is 1. The van der Waals surface area contributed by atoms with Gasteiger partial charge in [0.15, 0.2) is 0 Å². The fourth-order valence-corrected chi connectivity index (χ4v) is 5.75. The largest absolute Gasteiger partial charge is 0.352 e. The number of hydrogen-bond acceptors (Lipinski definition) is 4. The second kappa shape index (κ2) is 13.3. The third-order valence-electron chi connectivity index (χ3n) is 6.53. The molecule has 0 aliphatic heterocycles. The van der Waals surface area contributed by atoms with Crippen molar-refractivity contribution in [3.05, 3.63) is 94.0 Å². The van der Waals surface area contributed by atoms with Gasteiger partial charge in [-0.1, -0.05) is 66.5 Å². The van der Waals surface area contributed by atoms with Crippen LogP contribution in [0.1, 0.15) is 38.3 Å². The van der Waals surface area contributed by atoms with Crippen LogP contribution in [0.25, 0.3) is 0 Å². The molecule has 2 atom stereocenters. The SMILES string of the molecule is CC[C@@H](C)NC(=O)[C@H](C)N(Cc1ccccc1Cl)C(=O)CN(c1ccccc1C)S(=O)(=O)c1ccc(Cl)cc1. The number of hydrogen-bond donors (Lipinski definition) is 1. The highest BCUT2D eigenvalue weighted by Crippen LogP contribution is 2.28. The van der Waals surface area contributed by atoms with Gasteiger partial charge in [-0.2, -0.15) is 0 Å². The third-order valence-corrected chi connectivity index (χ3v) is 8.93. The van der Waals surface area contributed by atoms with Crippen molar-refractivity contribution in [2.45, 2.75) is 57.6 Å². The van der Waals surface area contributed by atoms with E-state index in [1.807, 2.05) is 13.8 Å². The van der Waals surface area contributed by atoms with Crippen molar-refractivity contribution >= 4 is 50.7 Å². The molecular weight excluding hydrogens is 557 g/mol. The van der Waals surface area contributed by atoms with Gasteiger partial charge in [0.25, 0.3) is 10.0 Å². The molecule has 39 heavy (non-hydrogen) atoms. The molecule has 0 aliphatic carbocycles. The first-order chi connectivity index (χ1) is 18.4. The second-order valence-corrected chi connectivity index (χ2v) is 12.1. The topological polar surface area (TPSA) is 86.8 Å². The Kier molecular flexibility index (Phi) is 10.4. The van der Waals surface area contributed by atoms with Crippen LogP contribution in [0.4, 0.5) is 5.69 Å². The van der Waals surface area contributed by atoms with Crippen LogP contribution in [-0.2, 0) is 26.2 Å². The lowest BCUT2D eigenvalue weighted by Crippen LogP contribution is -2.52. The van der Waals surface area contributed by atoms with Gasteiger partial charge in [-0.05, 0) is 74.7 Å². The molecular formula is C29H33Cl2N3O4S. The number of rotatable bonds is 11. The summed E-state index contributed by atoms with van der Waals surface area (Å²) in [6.45, 7) is 6.72. The van der Waals surface area contributed by atoms with Crippen molar-refractivity contribution in [3.63, 3.8) is 0 Å². The summed E-state index contributed by atoms with van der Waals surface area (Å²) in [5.74, 6) is -0.893. The van der Waals surface area contributed by atoms with Crippen LogP contribution in [0.5, 0.6) is 0 Å². The Morgan fingerprint density at radius 1 is 0.923 bits per heavy atom. The molecule has 0 saturated heterocycles. The van der Waals surface area contributed by atoms with Gasteiger partial charge in [0.05, 0.1) is 10.6 Å². The Balaban J connectivity index is 2.05. The Morgan fingerprint density at radius 3 is 2.15 bits per heavy atom. The summed E-state index contributed by atoms with van der Waals surface area (Å²) in [6.07, 6.45) is 0.720. The van der Waals surface area contributed by atoms with E-state index in [0.29, 0.717) is 26.9 Å². The lowest BCUT2D eigenvalue weighted by molar-refractivity contribution is -0.139. The number of carbonyl (C=O) groups excluding carboxylic acids is 2. The van der Waals surface area contributed by atoms with E-state index in [1.54, 1.807) is 62.4 Å². The second-order valence-electron chi connectivity index (χ2n) is 9.36. The van der Waals surface area contributed by atoms with E-state index in [1.165, 1.54) is 29.2 Å². The maximum Gasteiger partial charge on any atom is 0.264 e. The smallest absolute Gasteiger partial charge is 0.264 e. The van der Waals surface area contributed by atoms with Gasteiger partial charge >= 0.3 is 0 Å². The molecule has 7 nitrogen and oxygen atoms in total. The van der Waals surface area contributed by atoms with Crippen molar-refractivity contribution in [2.75, 3.05) is 10.8 Å². The van der Waals surface area contributed by atoms with Crippen LogP contribution in [0, 0.1) is 6.92 Å². The van der Waals surface area contributed by atoms with Gasteiger partial charge < -0.3 is 10.2 Å². The monoisotopic (exact) mass is 589 g/mol. The maximum atomic E-state index is 14.0. The molecule has 0 aliphatic rings. The zero-order chi connectivity index (χ0) is 28.7. The minimum Gasteiger partial charge on any atom is -0.352 e. The first-order valence-corrected chi connectivity index (χ1v) is 14.8. The molecule has 208 valence electrons. The van der Waals surface area contributed by atoms with Crippen LogP contribution in [0.15, 0.2) is 77.7 Å². The summed E-state index contributed by atoms with van der Waals surface area (Å²) in [4.78, 5) is 28.4. The number of benzene rings is 3. The molecule has 1 N–H and O–H groups in total. The van der Waals surface area contributed by atoms with E-state index in [2.05, 4.69) is 5.32 Å². The minimum absolute atomic E-state index is 0.0110. The van der Waals surface area contributed by atoms with Crippen LogP contribution >= 0.6 is 23.2 Å². The van der Waals surface area contributed by atoms with E-state index in [9.17, 15) is 18.0 Å². The summed E-state index contributed by atoms with van der Waals surface area (Å²) < 4.78 is 28.8. The predicted octanol–water partition coefficient (Wildman–Crippen LogP) is 5.83. The zero-order valence-electron chi connectivity index (χ0n) is 22.4. The molecule has 0 fully saturated rings. The standard InChI is InChI=1S/C29H33Cl2N3O4S/c1-5-21(3)32-29(36)22(4)33(18-23-11-7-8-12-26(23)31)28(35)19-34(27-13-9-6-10-20(27)2)39(37,38)25-16-14-24(30)15-17-25/h6-17,21-22H,5,18-19H2,1-4H3,(H,32,36)/t21-,22+/m1/s1. The fraction of sp³-hybridized carbons (Fsp3) is 0.310. The Hall–Kier alpha value is -3.07. The molecule has 3 rings (SSSR count). The van der Waals surface area contributed by atoms with Gasteiger partial charge in [0.1, 0.15) is 12.6 Å². The first kappa shape index (κ1) is 30.5. The average Bonchev–Trinajstić information content (AvgIpc) is 2.91. The van der Waals surface area contributed by atoms with Crippen LogP contribution in [0.2, 0.25) is 10.0 Å². The quantitative estimate of drug-likeness (QED) is 0.305. The number of amides is 2. The van der Waals surface area contributed by atoms with E-state index in [0.717, 1.165) is 10.7 Å². The molecule has 3 aromatic carbocycles. The summed E-state index contributed by atoms with van der Waals surface area (Å²) >= 11 is 12.4. The van der Waals surface area contributed by atoms with E-state index >= 15 is 0 Å². The molecule has 3 aromatic rings. The van der Waals surface area contributed by atoms with Crippen molar-refractivity contribution in [1.29, 1.82) is 0 Å². The minimum atomic E-state index is -4.17. The van der Waals surface area contributed by atoms with E-state index in [4.69, 9.17) is 23.2 Å². The van der Waals surface area contributed by atoms with Gasteiger partial charge in [-0.15, -0.1) is 0 Å². The Labute approximate surface area is 240 Å². The summed E-state index contributed by atoms with van der Waals surface area (Å²) in [6, 6.07) is 18.7. The molecule has 0 saturated carbocycles. The summed E-state index contributed by atoms with van der Waals surface area (Å²) in [7, 11) is -4.17. The lowest BCUT2D eigenvalue weighted by Gasteiger charge is -2.33. The predicted molar refractivity (Wildman–Crippen MR) is 157 cm³/mol. The van der Waals surface area contributed by atoms with Crippen molar-refractivity contribution in [2.24, 2.45) is 0 Å². The van der Waals surface area contributed by atoms with E-state index in [-0.39, 0.29) is 23.4 Å². The van der Waals surface area contributed by atoms with Crippen LogP contribution < -0.4 is 9.62 Å². The number of halogens is 2. The van der Waals surface area contributed by atoms with E-state index < -0.39 is 28.5 Å². The Morgan fingerprint density at radius 2 is 1.54 bits per heavy atom. The molecule has 0 radical (unpaired) electrons.